The van der Waals surface area contributed by atoms with Crippen LogP contribution in [0.2, 0.25) is 0 Å². The molecule has 1 fully saturated rings. The number of aliphatic carboxylic acids is 1. The Morgan fingerprint density at radius 1 is 1.53 bits per heavy atom. The summed E-state index contributed by atoms with van der Waals surface area (Å²) < 4.78 is 13.8. The molecular weight excluding hydrogens is 214 g/mol. The summed E-state index contributed by atoms with van der Waals surface area (Å²) >= 11 is 0. The van der Waals surface area contributed by atoms with Crippen molar-refractivity contribution in [2.45, 2.75) is 44.9 Å². The predicted molar refractivity (Wildman–Crippen MR) is 59.8 cm³/mol. The van der Waals surface area contributed by atoms with Crippen molar-refractivity contribution >= 4 is 17.0 Å². The molecule has 0 aromatic rings. The van der Waals surface area contributed by atoms with Gasteiger partial charge in [0.2, 0.25) is 0 Å². The third-order valence-corrected chi connectivity index (χ3v) is 4.61. The average Bonchev–Trinajstić information content (AvgIpc) is 2.16. The van der Waals surface area contributed by atoms with Crippen LogP contribution in [0.15, 0.2) is 0 Å². The van der Waals surface area contributed by atoms with E-state index in [4.69, 9.17) is 5.11 Å². The molecular formula is C10H19NO3S. The largest absolute Gasteiger partial charge is 0.481 e. The maximum atomic E-state index is 11.9. The summed E-state index contributed by atoms with van der Waals surface area (Å²) in [5.41, 5.74) is 0. The van der Waals surface area contributed by atoms with Crippen LogP contribution in [0.4, 0.5) is 0 Å². The molecule has 0 spiro atoms. The summed E-state index contributed by atoms with van der Waals surface area (Å²) in [6.45, 7) is 6.43. The molecule has 0 aromatic carbocycles. The molecule has 15 heavy (non-hydrogen) atoms. The monoisotopic (exact) mass is 233 g/mol. The number of rotatable bonds is 3. The van der Waals surface area contributed by atoms with Gasteiger partial charge >= 0.3 is 5.97 Å². The number of hydrogen-bond acceptors (Lipinski definition) is 2. The van der Waals surface area contributed by atoms with E-state index in [9.17, 15) is 9.00 Å². The van der Waals surface area contributed by atoms with Gasteiger partial charge in [-0.3, -0.25) is 4.79 Å². The van der Waals surface area contributed by atoms with Crippen molar-refractivity contribution in [1.29, 1.82) is 0 Å². The van der Waals surface area contributed by atoms with Gasteiger partial charge in [-0.25, -0.2) is 8.51 Å². The van der Waals surface area contributed by atoms with E-state index in [1.165, 1.54) is 0 Å². The van der Waals surface area contributed by atoms with Crippen molar-refractivity contribution in [2.24, 2.45) is 5.92 Å². The quantitative estimate of drug-likeness (QED) is 0.798. The summed E-state index contributed by atoms with van der Waals surface area (Å²) in [5.74, 6) is -0.989. The van der Waals surface area contributed by atoms with E-state index in [0.29, 0.717) is 19.4 Å². The van der Waals surface area contributed by atoms with Crippen LogP contribution >= 0.6 is 0 Å². The van der Waals surface area contributed by atoms with Crippen LogP contribution < -0.4 is 0 Å². The third-order valence-electron chi connectivity index (χ3n) is 2.80. The lowest BCUT2D eigenvalue weighted by Crippen LogP contribution is -2.45. The van der Waals surface area contributed by atoms with Gasteiger partial charge in [0.05, 0.1) is 16.9 Å². The fraction of sp³-hybridized carbons (Fsp3) is 0.900. The van der Waals surface area contributed by atoms with Gasteiger partial charge in [-0.05, 0) is 33.6 Å². The molecule has 0 bridgehead atoms. The Bertz CT molecular complexity index is 267. The minimum Gasteiger partial charge on any atom is -0.481 e. The number of carbonyl (C=O) groups is 1. The van der Waals surface area contributed by atoms with Gasteiger partial charge in [0.15, 0.2) is 0 Å². The molecule has 1 rings (SSSR count). The fourth-order valence-corrected chi connectivity index (χ4v) is 3.18. The molecule has 0 radical (unpaired) electrons. The van der Waals surface area contributed by atoms with Gasteiger partial charge < -0.3 is 5.11 Å². The van der Waals surface area contributed by atoms with E-state index in [0.717, 1.165) is 0 Å². The predicted octanol–water partition coefficient (Wildman–Crippen LogP) is 1.24. The molecule has 4 nitrogen and oxygen atoms in total. The summed E-state index contributed by atoms with van der Waals surface area (Å²) in [6, 6.07) is 0.100. The van der Waals surface area contributed by atoms with E-state index < -0.39 is 17.0 Å². The van der Waals surface area contributed by atoms with Gasteiger partial charge in [0.25, 0.3) is 0 Å². The zero-order valence-electron chi connectivity index (χ0n) is 9.47. The standard InChI is InChI=1S/C10H19NO3S/c1-7(2)15(14)11-5-4-9(10(12)13)6-8(11)3/h7-9H,4-6H2,1-3H3,(H,12,13). The fourth-order valence-electron chi connectivity index (χ4n) is 1.91. The smallest absolute Gasteiger partial charge is 0.306 e. The normalized spacial score (nSPS) is 30.4. The molecule has 0 amide bonds. The van der Waals surface area contributed by atoms with E-state index in [1.807, 2.05) is 25.1 Å². The van der Waals surface area contributed by atoms with Crippen molar-refractivity contribution in [1.82, 2.24) is 4.31 Å². The van der Waals surface area contributed by atoms with Crippen LogP contribution in [0.3, 0.4) is 0 Å². The molecule has 0 aliphatic carbocycles. The second kappa shape index (κ2) is 5.07. The first-order valence-electron chi connectivity index (χ1n) is 5.33. The lowest BCUT2D eigenvalue weighted by molar-refractivity contribution is -0.143. The Kier molecular flexibility index (Phi) is 4.28. The van der Waals surface area contributed by atoms with E-state index in [-0.39, 0.29) is 17.2 Å². The third kappa shape index (κ3) is 3.01. The molecule has 1 heterocycles. The molecule has 5 heteroatoms. The number of piperidine rings is 1. The lowest BCUT2D eigenvalue weighted by atomic mass is 9.93. The van der Waals surface area contributed by atoms with Crippen LogP contribution in [0, 0.1) is 5.92 Å². The summed E-state index contributed by atoms with van der Waals surface area (Å²) in [7, 11) is -0.976. The number of nitrogens with zero attached hydrogens (tertiary/aromatic N) is 1. The van der Waals surface area contributed by atoms with Crippen LogP contribution in [-0.4, -0.2) is 37.4 Å². The Morgan fingerprint density at radius 2 is 2.13 bits per heavy atom. The van der Waals surface area contributed by atoms with E-state index in [1.54, 1.807) is 0 Å². The second-order valence-electron chi connectivity index (χ2n) is 4.37. The molecule has 1 aliphatic heterocycles. The van der Waals surface area contributed by atoms with Crippen LogP contribution in [0.5, 0.6) is 0 Å². The number of carboxylic acid groups (broad SMARTS) is 1. The first-order chi connectivity index (χ1) is 6.93. The highest BCUT2D eigenvalue weighted by molar-refractivity contribution is 7.83. The van der Waals surface area contributed by atoms with Crippen LogP contribution in [-0.2, 0) is 15.8 Å². The summed E-state index contributed by atoms with van der Waals surface area (Å²) in [4.78, 5) is 10.8. The maximum absolute atomic E-state index is 11.9. The van der Waals surface area contributed by atoms with E-state index >= 15 is 0 Å². The summed E-state index contributed by atoms with van der Waals surface area (Å²) in [6.07, 6.45) is 1.21. The first kappa shape index (κ1) is 12.6. The minimum absolute atomic E-state index is 0.100. The van der Waals surface area contributed by atoms with Gasteiger partial charge in [0, 0.05) is 17.8 Å². The van der Waals surface area contributed by atoms with Crippen molar-refractivity contribution < 1.29 is 14.1 Å². The highest BCUT2D eigenvalue weighted by Crippen LogP contribution is 2.25. The van der Waals surface area contributed by atoms with Crippen molar-refractivity contribution in [2.75, 3.05) is 6.54 Å². The number of hydrogen-bond donors (Lipinski definition) is 1. The molecule has 1 aliphatic rings. The minimum atomic E-state index is -0.976. The Balaban J connectivity index is 2.60. The van der Waals surface area contributed by atoms with E-state index in [2.05, 4.69) is 0 Å². The SMILES string of the molecule is CC1CC(C(=O)O)CCN1S(=O)C(C)C. The molecule has 3 unspecified atom stereocenters. The zero-order valence-corrected chi connectivity index (χ0v) is 10.3. The topological polar surface area (TPSA) is 57.6 Å². The molecule has 0 aromatic heterocycles. The molecule has 1 N–H and O–H groups in total. The van der Waals surface area contributed by atoms with Gasteiger partial charge in [-0.2, -0.15) is 0 Å². The van der Waals surface area contributed by atoms with Gasteiger partial charge in [-0.15, -0.1) is 0 Å². The first-order valence-corrected chi connectivity index (χ1v) is 6.50. The van der Waals surface area contributed by atoms with Crippen molar-refractivity contribution in [3.63, 3.8) is 0 Å². The molecule has 88 valence electrons. The summed E-state index contributed by atoms with van der Waals surface area (Å²) in [5, 5.41) is 9.00. The van der Waals surface area contributed by atoms with Crippen molar-refractivity contribution in [3.05, 3.63) is 0 Å². The maximum Gasteiger partial charge on any atom is 0.306 e. The zero-order chi connectivity index (χ0) is 11.6. The molecule has 3 atom stereocenters. The van der Waals surface area contributed by atoms with Crippen LogP contribution in [0.25, 0.3) is 0 Å². The van der Waals surface area contributed by atoms with Crippen LogP contribution in [0.1, 0.15) is 33.6 Å². The highest BCUT2D eigenvalue weighted by Gasteiger charge is 2.32. The van der Waals surface area contributed by atoms with Gasteiger partial charge in [-0.1, -0.05) is 0 Å². The Labute approximate surface area is 93.2 Å². The lowest BCUT2D eigenvalue weighted by Gasteiger charge is -2.35. The average molecular weight is 233 g/mol. The Morgan fingerprint density at radius 3 is 2.53 bits per heavy atom. The van der Waals surface area contributed by atoms with Crippen molar-refractivity contribution in [3.8, 4) is 0 Å². The second-order valence-corrected chi connectivity index (χ2v) is 6.34. The Hall–Kier alpha value is -0.420. The number of carboxylic acids is 1. The molecule has 1 saturated heterocycles. The van der Waals surface area contributed by atoms with Gasteiger partial charge in [0.1, 0.15) is 0 Å². The molecule has 0 saturated carbocycles. The highest BCUT2D eigenvalue weighted by atomic mass is 32.2.